The normalized spacial score (nSPS) is 10.5. The lowest BCUT2D eigenvalue weighted by Gasteiger charge is -2.08. The molecular formula is C19H24N2O. The van der Waals surface area contributed by atoms with Crippen LogP contribution in [0, 0.1) is 0 Å². The predicted molar refractivity (Wildman–Crippen MR) is 92.0 cm³/mol. The molecular weight excluding hydrogens is 272 g/mol. The Kier molecular flexibility index (Phi) is 6.16. The monoisotopic (exact) mass is 296 g/mol. The van der Waals surface area contributed by atoms with Crippen LogP contribution in [0.15, 0.2) is 48.5 Å². The van der Waals surface area contributed by atoms with E-state index in [1.54, 1.807) is 0 Å². The lowest BCUT2D eigenvalue weighted by molar-refractivity contribution is -0.115. The van der Waals surface area contributed by atoms with E-state index in [1.165, 1.54) is 11.1 Å². The highest BCUT2D eigenvalue weighted by atomic mass is 16.1. The molecule has 0 bridgehead atoms. The van der Waals surface area contributed by atoms with Crippen molar-refractivity contribution < 1.29 is 4.79 Å². The number of hydrogen-bond donors (Lipinski definition) is 2. The molecule has 3 nitrogen and oxygen atoms in total. The molecule has 22 heavy (non-hydrogen) atoms. The van der Waals surface area contributed by atoms with Crippen LogP contribution in [0.5, 0.6) is 0 Å². The Morgan fingerprint density at radius 3 is 2.36 bits per heavy atom. The van der Waals surface area contributed by atoms with E-state index in [2.05, 4.69) is 42.7 Å². The Morgan fingerprint density at radius 2 is 1.68 bits per heavy atom. The lowest BCUT2D eigenvalue weighted by Crippen LogP contribution is -2.15. The number of carbonyl (C=O) groups is 1. The van der Waals surface area contributed by atoms with Crippen molar-refractivity contribution in [3.8, 4) is 0 Å². The van der Waals surface area contributed by atoms with Crippen molar-refractivity contribution in [2.24, 2.45) is 0 Å². The number of nitrogens with one attached hydrogen (secondary N) is 2. The van der Waals surface area contributed by atoms with E-state index < -0.39 is 0 Å². The summed E-state index contributed by atoms with van der Waals surface area (Å²) in [6.07, 6.45) is 1.42. The van der Waals surface area contributed by atoms with Crippen molar-refractivity contribution in [3.63, 3.8) is 0 Å². The number of carbonyl (C=O) groups excluding carboxylic acids is 1. The van der Waals surface area contributed by atoms with Crippen LogP contribution in [0.3, 0.4) is 0 Å². The Balaban J connectivity index is 1.93. The van der Waals surface area contributed by atoms with E-state index in [4.69, 9.17) is 0 Å². The molecule has 2 N–H and O–H groups in total. The van der Waals surface area contributed by atoms with Gasteiger partial charge in [-0.1, -0.05) is 50.2 Å². The number of amides is 1. The predicted octanol–water partition coefficient (Wildman–Crippen LogP) is 3.54. The van der Waals surface area contributed by atoms with Gasteiger partial charge in [-0.25, -0.2) is 0 Å². The van der Waals surface area contributed by atoms with Crippen molar-refractivity contribution >= 4 is 11.6 Å². The van der Waals surface area contributed by atoms with Gasteiger partial charge in [-0.15, -0.1) is 0 Å². The van der Waals surface area contributed by atoms with Gasteiger partial charge >= 0.3 is 0 Å². The first-order valence-corrected chi connectivity index (χ1v) is 7.88. The highest BCUT2D eigenvalue weighted by Crippen LogP contribution is 2.12. The first kappa shape index (κ1) is 16.2. The lowest BCUT2D eigenvalue weighted by atomic mass is 10.1. The summed E-state index contributed by atoms with van der Waals surface area (Å²) in [7, 11) is 0. The molecule has 0 spiro atoms. The molecule has 0 saturated carbocycles. The molecule has 0 atom stereocenters. The summed E-state index contributed by atoms with van der Waals surface area (Å²) in [6.45, 7) is 5.96. The summed E-state index contributed by atoms with van der Waals surface area (Å²) in [5.41, 5.74) is 4.36. The Hall–Kier alpha value is -2.13. The minimum absolute atomic E-state index is 0.0184. The highest BCUT2D eigenvalue weighted by molar-refractivity contribution is 5.92. The molecule has 2 aromatic carbocycles. The van der Waals surface area contributed by atoms with E-state index >= 15 is 0 Å². The molecule has 0 heterocycles. The molecule has 0 unspecified atom stereocenters. The molecule has 0 radical (unpaired) electrons. The number of anilines is 1. The average molecular weight is 296 g/mol. The largest absolute Gasteiger partial charge is 0.326 e. The van der Waals surface area contributed by atoms with Gasteiger partial charge in [-0.3, -0.25) is 4.79 Å². The van der Waals surface area contributed by atoms with Gasteiger partial charge in [0.15, 0.2) is 0 Å². The van der Waals surface area contributed by atoms with Crippen LogP contribution in [0.4, 0.5) is 5.69 Å². The molecule has 2 aromatic rings. The van der Waals surface area contributed by atoms with Gasteiger partial charge in [0.25, 0.3) is 0 Å². The van der Waals surface area contributed by atoms with E-state index in [0.29, 0.717) is 6.42 Å². The molecule has 0 fully saturated rings. The zero-order chi connectivity index (χ0) is 15.8. The van der Waals surface area contributed by atoms with Crippen molar-refractivity contribution in [1.29, 1.82) is 0 Å². The summed E-state index contributed by atoms with van der Waals surface area (Å²) < 4.78 is 0. The summed E-state index contributed by atoms with van der Waals surface area (Å²) in [4.78, 5) is 12.1. The van der Waals surface area contributed by atoms with Gasteiger partial charge in [0.1, 0.15) is 0 Å². The van der Waals surface area contributed by atoms with Gasteiger partial charge in [0.05, 0.1) is 6.42 Å². The van der Waals surface area contributed by atoms with Gasteiger partial charge in [-0.05, 0) is 41.8 Å². The zero-order valence-corrected chi connectivity index (χ0v) is 13.4. The molecule has 0 saturated heterocycles. The van der Waals surface area contributed by atoms with Crippen LogP contribution in [-0.4, -0.2) is 12.5 Å². The summed E-state index contributed by atoms with van der Waals surface area (Å²) in [6, 6.07) is 16.2. The fourth-order valence-corrected chi connectivity index (χ4v) is 2.31. The third-order valence-electron chi connectivity index (χ3n) is 3.59. The Bertz CT molecular complexity index is 605. The van der Waals surface area contributed by atoms with E-state index in [0.717, 1.165) is 30.8 Å². The molecule has 0 aromatic heterocycles. The minimum Gasteiger partial charge on any atom is -0.326 e. The molecule has 0 aliphatic heterocycles. The van der Waals surface area contributed by atoms with E-state index in [1.807, 2.05) is 30.3 Å². The van der Waals surface area contributed by atoms with Crippen LogP contribution in [0.2, 0.25) is 0 Å². The standard InChI is InChI=1S/C19H24N2O/c1-3-15-8-10-16(11-9-15)13-19(22)21-18-7-5-6-17(12-18)14-20-4-2/h5-12,20H,3-4,13-14H2,1-2H3,(H,21,22). The number of rotatable bonds is 7. The summed E-state index contributed by atoms with van der Waals surface area (Å²) in [5.74, 6) is 0.0184. The first-order valence-electron chi connectivity index (χ1n) is 7.88. The van der Waals surface area contributed by atoms with Crippen LogP contribution in [0.25, 0.3) is 0 Å². The maximum absolute atomic E-state index is 12.1. The second-order valence-electron chi connectivity index (χ2n) is 5.38. The molecule has 0 aliphatic rings. The SMILES string of the molecule is CCNCc1cccc(NC(=O)Cc2ccc(CC)cc2)c1. The molecule has 2 rings (SSSR count). The van der Waals surface area contributed by atoms with Crippen LogP contribution in [-0.2, 0) is 24.2 Å². The van der Waals surface area contributed by atoms with Crippen LogP contribution >= 0.6 is 0 Å². The molecule has 1 amide bonds. The molecule has 3 heteroatoms. The van der Waals surface area contributed by atoms with Crippen molar-refractivity contribution in [2.45, 2.75) is 33.2 Å². The molecule has 116 valence electrons. The Labute approximate surface area is 132 Å². The topological polar surface area (TPSA) is 41.1 Å². The van der Waals surface area contributed by atoms with Crippen LogP contribution in [0.1, 0.15) is 30.5 Å². The third-order valence-corrected chi connectivity index (χ3v) is 3.59. The second-order valence-corrected chi connectivity index (χ2v) is 5.38. The van der Waals surface area contributed by atoms with Crippen LogP contribution < -0.4 is 10.6 Å². The maximum Gasteiger partial charge on any atom is 0.228 e. The van der Waals surface area contributed by atoms with Gasteiger partial charge in [-0.2, -0.15) is 0 Å². The molecule has 0 aliphatic carbocycles. The van der Waals surface area contributed by atoms with Crippen molar-refractivity contribution in [3.05, 3.63) is 65.2 Å². The number of hydrogen-bond acceptors (Lipinski definition) is 2. The van der Waals surface area contributed by atoms with Crippen molar-refractivity contribution in [2.75, 3.05) is 11.9 Å². The van der Waals surface area contributed by atoms with E-state index in [-0.39, 0.29) is 5.91 Å². The zero-order valence-electron chi connectivity index (χ0n) is 13.4. The Morgan fingerprint density at radius 1 is 0.955 bits per heavy atom. The first-order chi connectivity index (χ1) is 10.7. The summed E-state index contributed by atoms with van der Waals surface area (Å²) in [5, 5.41) is 6.25. The fraction of sp³-hybridized carbons (Fsp3) is 0.316. The smallest absolute Gasteiger partial charge is 0.228 e. The maximum atomic E-state index is 12.1. The number of benzene rings is 2. The van der Waals surface area contributed by atoms with Crippen molar-refractivity contribution in [1.82, 2.24) is 5.32 Å². The van der Waals surface area contributed by atoms with Gasteiger partial charge in [0, 0.05) is 12.2 Å². The highest BCUT2D eigenvalue weighted by Gasteiger charge is 2.05. The van der Waals surface area contributed by atoms with E-state index in [9.17, 15) is 4.79 Å². The summed E-state index contributed by atoms with van der Waals surface area (Å²) >= 11 is 0. The quantitative estimate of drug-likeness (QED) is 0.820. The van der Waals surface area contributed by atoms with Gasteiger partial charge in [0.2, 0.25) is 5.91 Å². The fourth-order valence-electron chi connectivity index (χ4n) is 2.31. The minimum atomic E-state index is 0.0184. The van der Waals surface area contributed by atoms with Gasteiger partial charge < -0.3 is 10.6 Å². The number of aryl methyl sites for hydroxylation is 1. The average Bonchev–Trinajstić information content (AvgIpc) is 2.54. The third kappa shape index (κ3) is 5.01. The second kappa shape index (κ2) is 8.35.